The predicted octanol–water partition coefficient (Wildman–Crippen LogP) is 3.52. The molecule has 4 nitrogen and oxygen atoms in total. The molecule has 2 aromatic rings. The maximum atomic E-state index is 5.73. The van der Waals surface area contributed by atoms with Crippen LogP contribution in [0, 0.1) is 0 Å². The molecule has 4 rings (SSSR count). The van der Waals surface area contributed by atoms with Crippen molar-refractivity contribution in [2.24, 2.45) is 0 Å². The molecule has 0 bridgehead atoms. The zero-order valence-corrected chi connectivity index (χ0v) is 13.7. The molecule has 6 heteroatoms. The van der Waals surface area contributed by atoms with Crippen LogP contribution in [0.15, 0.2) is 28.2 Å². The topological polar surface area (TPSA) is 43.4 Å². The predicted molar refractivity (Wildman–Crippen MR) is 85.2 cm³/mol. The summed E-state index contributed by atoms with van der Waals surface area (Å²) in [7, 11) is 0. The lowest BCUT2D eigenvalue weighted by Gasteiger charge is -2.23. The summed E-state index contributed by atoms with van der Waals surface area (Å²) in [5.74, 6) is 1.61. The van der Waals surface area contributed by atoms with Crippen molar-refractivity contribution < 1.29 is 9.47 Å². The zero-order chi connectivity index (χ0) is 14.2. The molecule has 2 heterocycles. The average Bonchev–Trinajstić information content (AvgIpc) is 3.16. The van der Waals surface area contributed by atoms with Gasteiger partial charge < -0.3 is 14.8 Å². The lowest BCUT2D eigenvalue weighted by molar-refractivity contribution is 0.170. The van der Waals surface area contributed by atoms with E-state index in [1.54, 1.807) is 11.3 Å². The molecule has 1 fully saturated rings. The van der Waals surface area contributed by atoms with E-state index >= 15 is 0 Å². The molecule has 0 spiro atoms. The van der Waals surface area contributed by atoms with Crippen molar-refractivity contribution in [1.82, 2.24) is 10.3 Å². The van der Waals surface area contributed by atoms with Crippen LogP contribution < -0.4 is 14.8 Å². The Morgan fingerprint density at radius 3 is 2.90 bits per heavy atom. The molecule has 0 saturated heterocycles. The molecule has 110 valence electrons. The normalized spacial score (nSPS) is 18.5. The van der Waals surface area contributed by atoms with Gasteiger partial charge in [0.1, 0.15) is 18.2 Å². The molecule has 1 unspecified atom stereocenters. The Balaban J connectivity index is 1.73. The third-order valence-corrected chi connectivity index (χ3v) is 5.06. The molecule has 1 saturated carbocycles. The summed E-state index contributed by atoms with van der Waals surface area (Å²) in [6.07, 6.45) is 4.34. The molecule has 1 aromatic heterocycles. The fraction of sp³-hybridized carbons (Fsp3) is 0.400. The van der Waals surface area contributed by atoms with Crippen LogP contribution in [-0.2, 0) is 0 Å². The van der Waals surface area contributed by atoms with Crippen LogP contribution in [0.1, 0.15) is 29.5 Å². The second-order valence-corrected chi connectivity index (χ2v) is 7.05. The molecule has 21 heavy (non-hydrogen) atoms. The van der Waals surface area contributed by atoms with Crippen molar-refractivity contribution in [2.45, 2.75) is 24.9 Å². The summed E-state index contributed by atoms with van der Waals surface area (Å²) in [5.41, 5.74) is 1.16. The SMILES string of the molecule is Brc1cc(C(NC2CC2)c2nccs2)cc2c1OCCO2. The highest BCUT2D eigenvalue weighted by Crippen LogP contribution is 2.41. The van der Waals surface area contributed by atoms with Crippen molar-refractivity contribution in [3.63, 3.8) is 0 Å². The highest BCUT2D eigenvalue weighted by atomic mass is 79.9. The van der Waals surface area contributed by atoms with Gasteiger partial charge in [0, 0.05) is 17.6 Å². The van der Waals surface area contributed by atoms with Gasteiger partial charge >= 0.3 is 0 Å². The molecule has 1 aromatic carbocycles. The third-order valence-electron chi connectivity index (χ3n) is 3.63. The zero-order valence-electron chi connectivity index (χ0n) is 11.3. The molecule has 1 aliphatic heterocycles. The first-order valence-electron chi connectivity index (χ1n) is 7.06. The van der Waals surface area contributed by atoms with Crippen molar-refractivity contribution in [1.29, 1.82) is 0 Å². The van der Waals surface area contributed by atoms with Gasteiger partial charge in [-0.25, -0.2) is 4.98 Å². The Morgan fingerprint density at radius 2 is 2.14 bits per heavy atom. The summed E-state index contributed by atoms with van der Waals surface area (Å²) in [5, 5.41) is 6.78. The van der Waals surface area contributed by atoms with Crippen LogP contribution in [0.25, 0.3) is 0 Å². The standard InChI is InChI=1S/C15H15BrN2O2S/c16-11-7-9(8-12-14(11)20-5-4-19-12)13(18-10-1-2-10)15-17-3-6-21-15/h3,6-8,10,13,18H,1-2,4-5H2. The van der Waals surface area contributed by atoms with Crippen LogP contribution in [0.4, 0.5) is 0 Å². The van der Waals surface area contributed by atoms with E-state index in [2.05, 4.69) is 38.4 Å². The highest BCUT2D eigenvalue weighted by Gasteiger charge is 2.29. The number of aromatic nitrogens is 1. The summed E-state index contributed by atoms with van der Waals surface area (Å²) in [4.78, 5) is 4.48. The van der Waals surface area contributed by atoms with Crippen LogP contribution >= 0.6 is 27.3 Å². The number of ether oxygens (including phenoxy) is 2. The van der Waals surface area contributed by atoms with Crippen LogP contribution in [0.2, 0.25) is 0 Å². The first-order valence-corrected chi connectivity index (χ1v) is 8.73. The van der Waals surface area contributed by atoms with E-state index in [9.17, 15) is 0 Å². The number of rotatable bonds is 4. The number of hydrogen-bond donors (Lipinski definition) is 1. The minimum atomic E-state index is 0.115. The third kappa shape index (κ3) is 2.80. The first-order chi connectivity index (χ1) is 10.3. The summed E-state index contributed by atoms with van der Waals surface area (Å²) in [6.45, 7) is 1.20. The van der Waals surface area contributed by atoms with Crippen molar-refractivity contribution >= 4 is 27.3 Å². The molecule has 1 aliphatic carbocycles. The number of hydrogen-bond acceptors (Lipinski definition) is 5. The molecule has 1 N–H and O–H groups in total. The monoisotopic (exact) mass is 366 g/mol. The van der Waals surface area contributed by atoms with Gasteiger partial charge in [-0.2, -0.15) is 0 Å². The lowest BCUT2D eigenvalue weighted by Crippen LogP contribution is -2.25. The summed E-state index contributed by atoms with van der Waals surface area (Å²) in [6, 6.07) is 4.89. The largest absolute Gasteiger partial charge is 0.486 e. The molecule has 0 amide bonds. The van der Waals surface area contributed by atoms with E-state index in [0.29, 0.717) is 19.3 Å². The quantitative estimate of drug-likeness (QED) is 0.898. The molecule has 1 atom stereocenters. The minimum absolute atomic E-state index is 0.115. The van der Waals surface area contributed by atoms with Crippen molar-refractivity contribution in [3.05, 3.63) is 38.8 Å². The van der Waals surface area contributed by atoms with Gasteiger partial charge in [-0.15, -0.1) is 11.3 Å². The van der Waals surface area contributed by atoms with Gasteiger partial charge in [0.25, 0.3) is 0 Å². The van der Waals surface area contributed by atoms with Crippen molar-refractivity contribution in [3.8, 4) is 11.5 Å². The fourth-order valence-corrected chi connectivity index (χ4v) is 3.77. The second-order valence-electron chi connectivity index (χ2n) is 5.27. The maximum absolute atomic E-state index is 5.73. The van der Waals surface area contributed by atoms with E-state index in [1.165, 1.54) is 12.8 Å². The number of halogens is 1. The highest BCUT2D eigenvalue weighted by molar-refractivity contribution is 9.10. The van der Waals surface area contributed by atoms with Crippen LogP contribution in [-0.4, -0.2) is 24.2 Å². The Labute approximate surface area is 135 Å². The first kappa shape index (κ1) is 13.5. The van der Waals surface area contributed by atoms with Gasteiger partial charge in [-0.05, 0) is 46.5 Å². The molecular weight excluding hydrogens is 352 g/mol. The number of nitrogens with zero attached hydrogens (tertiary/aromatic N) is 1. The summed E-state index contributed by atoms with van der Waals surface area (Å²) < 4.78 is 12.3. The van der Waals surface area contributed by atoms with E-state index in [0.717, 1.165) is 26.5 Å². The number of benzene rings is 1. The van der Waals surface area contributed by atoms with Gasteiger partial charge in [-0.3, -0.25) is 0 Å². The maximum Gasteiger partial charge on any atom is 0.175 e. The van der Waals surface area contributed by atoms with E-state index in [-0.39, 0.29) is 6.04 Å². The van der Waals surface area contributed by atoms with Crippen LogP contribution in [0.3, 0.4) is 0 Å². The Hall–Kier alpha value is -1.11. The van der Waals surface area contributed by atoms with Gasteiger partial charge in [0.15, 0.2) is 11.5 Å². The minimum Gasteiger partial charge on any atom is -0.486 e. The lowest BCUT2D eigenvalue weighted by atomic mass is 10.1. The van der Waals surface area contributed by atoms with Crippen LogP contribution in [0.5, 0.6) is 11.5 Å². The Morgan fingerprint density at radius 1 is 1.29 bits per heavy atom. The van der Waals surface area contributed by atoms with Gasteiger partial charge in [0.05, 0.1) is 10.5 Å². The summed E-state index contributed by atoms with van der Waals surface area (Å²) >= 11 is 5.27. The van der Waals surface area contributed by atoms with Crippen molar-refractivity contribution in [2.75, 3.05) is 13.2 Å². The van der Waals surface area contributed by atoms with E-state index in [4.69, 9.17) is 9.47 Å². The smallest absolute Gasteiger partial charge is 0.175 e. The van der Waals surface area contributed by atoms with E-state index < -0.39 is 0 Å². The fourth-order valence-electron chi connectivity index (χ4n) is 2.47. The number of thiazole rings is 1. The number of nitrogens with one attached hydrogen (secondary N) is 1. The number of fused-ring (bicyclic) bond motifs is 1. The van der Waals surface area contributed by atoms with Gasteiger partial charge in [0.2, 0.25) is 0 Å². The molecular formula is C15H15BrN2O2S. The molecule has 0 radical (unpaired) electrons. The van der Waals surface area contributed by atoms with Gasteiger partial charge in [-0.1, -0.05) is 0 Å². The van der Waals surface area contributed by atoms with E-state index in [1.807, 2.05) is 11.6 Å². The molecule has 2 aliphatic rings. The Kier molecular flexibility index (Phi) is 3.61. The second kappa shape index (κ2) is 5.59. The average molecular weight is 367 g/mol. The Bertz CT molecular complexity index is 643.